The van der Waals surface area contributed by atoms with Gasteiger partial charge in [0.1, 0.15) is 29.1 Å². The number of furan rings is 1. The molecule has 3 heterocycles. The number of fused-ring (bicyclic) bond motifs is 1. The van der Waals surface area contributed by atoms with Crippen molar-refractivity contribution in [2.75, 3.05) is 27.3 Å². The molecule has 0 aliphatic carbocycles. The zero-order chi connectivity index (χ0) is 31.7. The monoisotopic (exact) mass is 615 g/mol. The van der Waals surface area contributed by atoms with Crippen molar-refractivity contribution in [2.24, 2.45) is 4.99 Å². The first-order valence-electron chi connectivity index (χ1n) is 14.1. The van der Waals surface area contributed by atoms with Crippen molar-refractivity contribution < 1.29 is 28.6 Å². The lowest BCUT2D eigenvalue weighted by atomic mass is 9.93. The Kier molecular flexibility index (Phi) is 8.59. The average molecular weight is 616 g/mol. The van der Waals surface area contributed by atoms with Gasteiger partial charge in [-0.15, -0.1) is 0 Å². The van der Waals surface area contributed by atoms with Gasteiger partial charge < -0.3 is 23.9 Å². The van der Waals surface area contributed by atoms with Gasteiger partial charge in [0.2, 0.25) is 0 Å². The maximum atomic E-state index is 14.1. The summed E-state index contributed by atoms with van der Waals surface area (Å²) in [5, 5.41) is 9.29. The van der Waals surface area contributed by atoms with Gasteiger partial charge in [-0.3, -0.25) is 14.2 Å². The second-order valence-electron chi connectivity index (χ2n) is 10.2. The predicted molar refractivity (Wildman–Crippen MR) is 167 cm³/mol. The summed E-state index contributed by atoms with van der Waals surface area (Å²) in [7, 11) is 3.10. The van der Waals surface area contributed by atoms with Crippen molar-refractivity contribution in [3.05, 3.63) is 102 Å². The normalized spacial score (nSPS) is 14.7. The fourth-order valence-corrected chi connectivity index (χ4v) is 6.43. The molecule has 1 amide bonds. The lowest BCUT2D eigenvalue weighted by molar-refractivity contribution is -0.127. The van der Waals surface area contributed by atoms with Crippen LogP contribution in [0.15, 0.2) is 74.0 Å². The minimum absolute atomic E-state index is 0.190. The molecule has 0 unspecified atom stereocenters. The number of likely N-dealkylation sites (N-methyl/N-ethyl adjacent to an activating group) is 1. The van der Waals surface area contributed by atoms with Gasteiger partial charge >= 0.3 is 5.97 Å². The number of aryl methyl sites for hydroxylation is 1. The zero-order valence-corrected chi connectivity index (χ0v) is 26.2. The van der Waals surface area contributed by atoms with Gasteiger partial charge in [0.05, 0.1) is 35.6 Å². The molecule has 1 atom stereocenters. The Hall–Kier alpha value is -4.90. The van der Waals surface area contributed by atoms with E-state index in [0.29, 0.717) is 62.3 Å². The summed E-state index contributed by atoms with van der Waals surface area (Å²) in [5.74, 6) is 0.836. The SMILES string of the molecule is CCN(CC)C(=O)C1=C(C)N=c2s/c(=C/c3ccc(-c4ccc(C(=O)O)cc4C)o3)c(=O)n2[C@@H]1c1cc(OC)ccc1OC. The van der Waals surface area contributed by atoms with Crippen molar-refractivity contribution >= 4 is 29.3 Å². The van der Waals surface area contributed by atoms with Crippen LogP contribution in [0.2, 0.25) is 0 Å². The summed E-state index contributed by atoms with van der Waals surface area (Å²) in [4.78, 5) is 46.3. The number of aromatic nitrogens is 1. The Balaban J connectivity index is 1.67. The van der Waals surface area contributed by atoms with Crippen LogP contribution in [-0.2, 0) is 4.79 Å². The number of aromatic carboxylic acids is 1. The molecule has 5 rings (SSSR count). The molecule has 2 aromatic heterocycles. The quantitative estimate of drug-likeness (QED) is 0.296. The number of thiazole rings is 1. The number of carbonyl (C=O) groups excluding carboxylic acids is 1. The molecular weight excluding hydrogens is 582 g/mol. The third kappa shape index (κ3) is 5.46. The number of hydrogen-bond donors (Lipinski definition) is 1. The lowest BCUT2D eigenvalue weighted by Gasteiger charge is -2.30. The highest BCUT2D eigenvalue weighted by Crippen LogP contribution is 2.38. The van der Waals surface area contributed by atoms with E-state index in [-0.39, 0.29) is 17.0 Å². The zero-order valence-electron chi connectivity index (χ0n) is 25.3. The third-order valence-corrected chi connectivity index (χ3v) is 8.66. The number of carboxylic acid groups (broad SMARTS) is 1. The smallest absolute Gasteiger partial charge is 0.335 e. The number of amides is 1. The number of rotatable bonds is 9. The molecule has 0 saturated heterocycles. The van der Waals surface area contributed by atoms with E-state index < -0.39 is 12.0 Å². The van der Waals surface area contributed by atoms with Crippen LogP contribution in [0, 0.1) is 6.92 Å². The highest BCUT2D eigenvalue weighted by Gasteiger charge is 2.36. The summed E-state index contributed by atoms with van der Waals surface area (Å²) in [6, 6.07) is 12.8. The molecule has 2 aromatic carbocycles. The number of methoxy groups -OCH3 is 2. The average Bonchev–Trinajstić information content (AvgIpc) is 3.60. The number of allylic oxidation sites excluding steroid dienone is 1. The maximum absolute atomic E-state index is 14.1. The fraction of sp³-hybridized carbons (Fsp3) is 0.273. The van der Waals surface area contributed by atoms with Crippen molar-refractivity contribution in [1.82, 2.24) is 9.47 Å². The summed E-state index contributed by atoms with van der Waals surface area (Å²) in [6.07, 6.45) is 1.65. The third-order valence-electron chi connectivity index (χ3n) is 7.67. The number of carbonyl (C=O) groups is 2. The van der Waals surface area contributed by atoms with Crippen molar-refractivity contribution in [3.8, 4) is 22.8 Å². The van der Waals surface area contributed by atoms with E-state index in [4.69, 9.17) is 18.9 Å². The second kappa shape index (κ2) is 12.4. The standard InChI is InChI=1S/C33H33N3O7S/c1-7-35(8-2)31(38)28-19(4)34-33-36(29(28)24-16-21(41-5)10-13-25(24)42-6)30(37)27(44-33)17-22-11-14-26(43-22)23-12-9-20(32(39)40)15-18(23)3/h9-17,29H,7-8H2,1-6H3,(H,39,40)/b27-17+/t29-/m1/s1. The van der Waals surface area contributed by atoms with E-state index in [1.807, 2.05) is 20.8 Å². The minimum Gasteiger partial charge on any atom is -0.497 e. The van der Waals surface area contributed by atoms with Crippen LogP contribution in [0.5, 0.6) is 11.5 Å². The number of carboxylic acids is 1. The Labute approximate surface area is 257 Å². The molecule has 0 saturated carbocycles. The number of nitrogens with zero attached hydrogens (tertiary/aromatic N) is 3. The Morgan fingerprint density at radius 2 is 1.82 bits per heavy atom. The molecule has 0 spiro atoms. The molecule has 0 bridgehead atoms. The number of hydrogen-bond acceptors (Lipinski definition) is 8. The van der Waals surface area contributed by atoms with Gasteiger partial charge in [0, 0.05) is 30.3 Å². The molecule has 11 heteroatoms. The van der Waals surface area contributed by atoms with Gasteiger partial charge in [-0.1, -0.05) is 17.4 Å². The molecule has 1 aliphatic rings. The van der Waals surface area contributed by atoms with Crippen molar-refractivity contribution in [1.29, 1.82) is 0 Å². The molecule has 10 nitrogen and oxygen atoms in total. The van der Waals surface area contributed by atoms with Crippen LogP contribution in [0.1, 0.15) is 54.1 Å². The highest BCUT2D eigenvalue weighted by atomic mass is 32.1. The Bertz CT molecular complexity index is 1980. The number of ether oxygens (including phenoxy) is 2. The second-order valence-corrected chi connectivity index (χ2v) is 11.2. The topological polar surface area (TPSA) is 124 Å². The van der Waals surface area contributed by atoms with Gasteiger partial charge in [0.25, 0.3) is 11.5 Å². The highest BCUT2D eigenvalue weighted by molar-refractivity contribution is 7.07. The first-order valence-corrected chi connectivity index (χ1v) is 14.9. The van der Waals surface area contributed by atoms with Gasteiger partial charge in [-0.25, -0.2) is 9.79 Å². The fourth-order valence-electron chi connectivity index (χ4n) is 5.40. The van der Waals surface area contributed by atoms with Gasteiger partial charge in [-0.2, -0.15) is 0 Å². The van der Waals surface area contributed by atoms with Crippen LogP contribution in [0.25, 0.3) is 17.4 Å². The predicted octanol–water partition coefficient (Wildman–Crippen LogP) is 4.39. The molecule has 4 aromatic rings. The first kappa shape index (κ1) is 30.6. The van der Waals surface area contributed by atoms with Crippen molar-refractivity contribution in [2.45, 2.75) is 33.7 Å². The maximum Gasteiger partial charge on any atom is 0.335 e. The van der Waals surface area contributed by atoms with Crippen LogP contribution in [0.4, 0.5) is 0 Å². The van der Waals surface area contributed by atoms with Gasteiger partial charge in [-0.05, 0) is 75.7 Å². The van der Waals surface area contributed by atoms with Gasteiger partial charge in [0.15, 0.2) is 4.80 Å². The van der Waals surface area contributed by atoms with Crippen LogP contribution in [-0.4, -0.2) is 53.8 Å². The molecule has 1 aliphatic heterocycles. The minimum atomic E-state index is -1.00. The molecule has 0 radical (unpaired) electrons. The summed E-state index contributed by atoms with van der Waals surface area (Å²) in [5.41, 5.74) is 2.86. The van der Waals surface area contributed by atoms with E-state index in [2.05, 4.69) is 0 Å². The van der Waals surface area contributed by atoms with Crippen molar-refractivity contribution in [3.63, 3.8) is 0 Å². The number of benzene rings is 2. The van der Waals surface area contributed by atoms with Crippen LogP contribution >= 0.6 is 11.3 Å². The molecule has 44 heavy (non-hydrogen) atoms. The van der Waals surface area contributed by atoms with E-state index in [9.17, 15) is 19.5 Å². The first-order chi connectivity index (χ1) is 21.1. The summed E-state index contributed by atoms with van der Waals surface area (Å²) in [6.45, 7) is 8.41. The van der Waals surface area contributed by atoms with E-state index >= 15 is 0 Å². The molecule has 1 N–H and O–H groups in total. The van der Waals surface area contributed by atoms with Crippen LogP contribution < -0.4 is 24.4 Å². The van der Waals surface area contributed by atoms with Crippen LogP contribution in [0.3, 0.4) is 0 Å². The molecule has 228 valence electrons. The molecular formula is C33H33N3O7S. The molecule has 0 fully saturated rings. The van der Waals surface area contributed by atoms with E-state index in [0.717, 1.165) is 11.1 Å². The lowest BCUT2D eigenvalue weighted by Crippen LogP contribution is -2.43. The summed E-state index contributed by atoms with van der Waals surface area (Å²) >= 11 is 1.20. The van der Waals surface area contributed by atoms with E-state index in [1.54, 1.807) is 74.6 Å². The Morgan fingerprint density at radius 1 is 1.07 bits per heavy atom. The largest absolute Gasteiger partial charge is 0.497 e. The van der Waals surface area contributed by atoms with E-state index in [1.165, 1.54) is 22.0 Å². The summed E-state index contributed by atoms with van der Waals surface area (Å²) < 4.78 is 19.2. The Morgan fingerprint density at radius 3 is 2.45 bits per heavy atom.